The van der Waals surface area contributed by atoms with Gasteiger partial charge in [-0.2, -0.15) is 0 Å². The van der Waals surface area contributed by atoms with Gasteiger partial charge in [0.15, 0.2) is 5.16 Å². The Labute approximate surface area is 103 Å². The van der Waals surface area contributed by atoms with E-state index in [0.29, 0.717) is 5.84 Å². The molecular formula is C11H13N5S. The van der Waals surface area contributed by atoms with Crippen molar-refractivity contribution >= 4 is 28.8 Å². The summed E-state index contributed by atoms with van der Waals surface area (Å²) in [6.07, 6.45) is 0.795. The Hall–Kier alpha value is -1.53. The minimum atomic E-state index is 0.623. The molecule has 0 radical (unpaired) electrons. The van der Waals surface area contributed by atoms with Crippen LogP contribution in [0.25, 0.3) is 11.0 Å². The summed E-state index contributed by atoms with van der Waals surface area (Å²) < 4.78 is 1.87. The molecule has 1 aromatic heterocycles. The van der Waals surface area contributed by atoms with Crippen molar-refractivity contribution in [3.8, 4) is 0 Å². The second kappa shape index (κ2) is 4.05. The molecule has 2 aromatic rings. The second-order valence-electron chi connectivity index (χ2n) is 4.00. The first-order valence-electron chi connectivity index (χ1n) is 5.45. The van der Waals surface area contributed by atoms with Gasteiger partial charge in [0, 0.05) is 32.0 Å². The average molecular weight is 247 g/mol. The second-order valence-corrected chi connectivity index (χ2v) is 4.92. The lowest BCUT2D eigenvalue weighted by molar-refractivity contribution is 0.221. The largest absolute Gasteiger partial charge is 0.331 e. The summed E-state index contributed by atoms with van der Waals surface area (Å²) in [5.74, 6) is 0.623. The summed E-state index contributed by atoms with van der Waals surface area (Å²) in [4.78, 5) is 7.74. The topological polar surface area (TPSA) is 59.0 Å². The number of hydrogen-bond acceptors (Lipinski definition) is 4. The van der Waals surface area contributed by atoms with Crippen LogP contribution in [0.15, 0.2) is 29.4 Å². The van der Waals surface area contributed by atoms with Gasteiger partial charge in [0.05, 0.1) is 11.0 Å². The highest BCUT2D eigenvalue weighted by Crippen LogP contribution is 2.27. The monoisotopic (exact) mass is 247 g/mol. The highest BCUT2D eigenvalue weighted by atomic mass is 32.2. The lowest BCUT2D eigenvalue weighted by Gasteiger charge is -2.22. The number of rotatable bonds is 2. The third kappa shape index (κ3) is 1.89. The molecule has 0 bridgehead atoms. The van der Waals surface area contributed by atoms with Gasteiger partial charge >= 0.3 is 0 Å². The quantitative estimate of drug-likeness (QED) is 0.798. The molecule has 2 heterocycles. The van der Waals surface area contributed by atoms with E-state index in [0.717, 1.165) is 29.2 Å². The van der Waals surface area contributed by atoms with Crippen LogP contribution < -0.4 is 0 Å². The number of amidine groups is 1. The van der Waals surface area contributed by atoms with E-state index in [1.54, 1.807) is 0 Å². The molecule has 88 valence electrons. The highest BCUT2D eigenvalue weighted by molar-refractivity contribution is 7.97. The van der Waals surface area contributed by atoms with E-state index >= 15 is 0 Å². The fourth-order valence-electron chi connectivity index (χ4n) is 1.84. The summed E-state index contributed by atoms with van der Waals surface area (Å²) in [6, 6.07) is 7.95. The van der Waals surface area contributed by atoms with Gasteiger partial charge in [-0.1, -0.05) is 12.1 Å². The number of nitrogens with one attached hydrogen (secondary N) is 2. The normalized spacial score (nSPS) is 17.2. The van der Waals surface area contributed by atoms with Gasteiger partial charge in [-0.25, -0.2) is 14.4 Å². The predicted molar refractivity (Wildman–Crippen MR) is 68.8 cm³/mol. The number of benzene rings is 1. The van der Waals surface area contributed by atoms with Gasteiger partial charge < -0.3 is 4.98 Å². The summed E-state index contributed by atoms with van der Waals surface area (Å²) in [7, 11) is 1.98. The first-order valence-corrected chi connectivity index (χ1v) is 6.23. The van der Waals surface area contributed by atoms with E-state index in [2.05, 4.69) is 9.97 Å². The van der Waals surface area contributed by atoms with Crippen molar-refractivity contribution in [2.24, 2.45) is 0 Å². The molecule has 1 saturated heterocycles. The van der Waals surface area contributed by atoms with E-state index in [1.807, 2.05) is 40.7 Å². The Morgan fingerprint density at radius 2 is 2.24 bits per heavy atom. The average Bonchev–Trinajstić information content (AvgIpc) is 2.87. The summed E-state index contributed by atoms with van der Waals surface area (Å²) in [5, 5.41) is 10.7. The number of aromatic amines is 1. The summed E-state index contributed by atoms with van der Waals surface area (Å²) in [6.45, 7) is 0.895. The molecule has 1 aliphatic rings. The first kappa shape index (κ1) is 10.6. The van der Waals surface area contributed by atoms with Crippen molar-refractivity contribution in [2.75, 3.05) is 13.6 Å². The molecule has 0 aliphatic carbocycles. The van der Waals surface area contributed by atoms with Crippen molar-refractivity contribution in [2.45, 2.75) is 11.6 Å². The zero-order chi connectivity index (χ0) is 11.8. The summed E-state index contributed by atoms with van der Waals surface area (Å²) in [5.41, 5.74) is 1.99. The molecule has 2 N–H and O–H groups in total. The van der Waals surface area contributed by atoms with Crippen molar-refractivity contribution < 1.29 is 0 Å². The minimum absolute atomic E-state index is 0.623. The molecule has 6 heteroatoms. The Balaban J connectivity index is 1.87. The maximum absolute atomic E-state index is 7.84. The van der Waals surface area contributed by atoms with E-state index in [4.69, 9.17) is 5.41 Å². The van der Waals surface area contributed by atoms with Crippen molar-refractivity contribution in [3.63, 3.8) is 0 Å². The van der Waals surface area contributed by atoms with Crippen LogP contribution in [0, 0.1) is 5.41 Å². The molecule has 5 nitrogen and oxygen atoms in total. The SMILES string of the molecule is CN1CCC(=N)N1Sc1nc2ccccc2[nH]1. The number of fused-ring (bicyclic) bond motifs is 1. The number of aromatic nitrogens is 2. The molecule has 0 atom stereocenters. The third-order valence-corrected chi connectivity index (χ3v) is 3.79. The Bertz CT molecular complexity index is 531. The van der Waals surface area contributed by atoms with Gasteiger partial charge in [0.2, 0.25) is 0 Å². The molecule has 0 amide bonds. The zero-order valence-corrected chi connectivity index (χ0v) is 10.3. The van der Waals surface area contributed by atoms with E-state index in [-0.39, 0.29) is 0 Å². The Morgan fingerprint density at radius 3 is 2.94 bits per heavy atom. The van der Waals surface area contributed by atoms with Gasteiger partial charge in [-0.3, -0.25) is 5.41 Å². The predicted octanol–water partition coefficient (Wildman–Crippen LogP) is 2.10. The highest BCUT2D eigenvalue weighted by Gasteiger charge is 2.24. The maximum Gasteiger partial charge on any atom is 0.188 e. The van der Waals surface area contributed by atoms with E-state index in [1.165, 1.54) is 11.9 Å². The van der Waals surface area contributed by atoms with Crippen LogP contribution in [-0.4, -0.2) is 38.8 Å². The molecule has 0 unspecified atom stereocenters. The maximum atomic E-state index is 7.84. The number of hydrazine groups is 1. The lowest BCUT2D eigenvalue weighted by Crippen LogP contribution is -2.29. The molecule has 1 fully saturated rings. The van der Waals surface area contributed by atoms with Gasteiger partial charge in [0.1, 0.15) is 5.84 Å². The van der Waals surface area contributed by atoms with Crippen LogP contribution in [0.3, 0.4) is 0 Å². The molecule has 1 aliphatic heterocycles. The molecule has 1 aromatic carbocycles. The van der Waals surface area contributed by atoms with E-state index < -0.39 is 0 Å². The zero-order valence-electron chi connectivity index (χ0n) is 9.47. The molecule has 17 heavy (non-hydrogen) atoms. The minimum Gasteiger partial charge on any atom is -0.331 e. The smallest absolute Gasteiger partial charge is 0.188 e. The first-order chi connectivity index (χ1) is 8.24. The number of para-hydroxylation sites is 2. The number of hydrogen-bond donors (Lipinski definition) is 2. The standard InChI is InChI=1S/C11H13N5S/c1-15-7-6-10(12)16(15)17-11-13-8-4-2-3-5-9(8)14-11/h2-5,12H,6-7H2,1H3,(H,13,14). The Kier molecular flexibility index (Phi) is 2.53. The van der Waals surface area contributed by atoms with Crippen LogP contribution in [0.4, 0.5) is 0 Å². The van der Waals surface area contributed by atoms with E-state index in [9.17, 15) is 0 Å². The molecular weight excluding hydrogens is 234 g/mol. The fraction of sp³-hybridized carbons (Fsp3) is 0.273. The molecule has 0 saturated carbocycles. The lowest BCUT2D eigenvalue weighted by atomic mass is 10.3. The molecule has 3 rings (SSSR count). The van der Waals surface area contributed by atoms with Crippen molar-refractivity contribution in [3.05, 3.63) is 24.3 Å². The van der Waals surface area contributed by atoms with Crippen molar-refractivity contribution in [1.82, 2.24) is 19.4 Å². The number of nitrogens with zero attached hydrogens (tertiary/aromatic N) is 3. The molecule has 0 spiro atoms. The van der Waals surface area contributed by atoms with Crippen LogP contribution in [0.5, 0.6) is 0 Å². The van der Waals surface area contributed by atoms with Gasteiger partial charge in [0.25, 0.3) is 0 Å². The van der Waals surface area contributed by atoms with Crippen LogP contribution in [-0.2, 0) is 0 Å². The van der Waals surface area contributed by atoms with Gasteiger partial charge in [-0.15, -0.1) is 0 Å². The van der Waals surface area contributed by atoms with Gasteiger partial charge in [-0.05, 0) is 12.1 Å². The van der Waals surface area contributed by atoms with Crippen LogP contribution in [0.1, 0.15) is 6.42 Å². The van der Waals surface area contributed by atoms with Crippen LogP contribution in [0.2, 0.25) is 0 Å². The number of imidazole rings is 1. The fourth-order valence-corrected chi connectivity index (χ4v) is 2.72. The van der Waals surface area contributed by atoms with Crippen molar-refractivity contribution in [1.29, 1.82) is 5.41 Å². The number of H-pyrrole nitrogens is 1. The third-order valence-electron chi connectivity index (χ3n) is 2.75. The Morgan fingerprint density at radius 1 is 1.41 bits per heavy atom. The van der Waals surface area contributed by atoms with Crippen LogP contribution >= 0.6 is 11.9 Å². The summed E-state index contributed by atoms with van der Waals surface area (Å²) >= 11 is 1.46.